The van der Waals surface area contributed by atoms with Gasteiger partial charge in [0.2, 0.25) is 5.96 Å². The van der Waals surface area contributed by atoms with E-state index in [-0.39, 0.29) is 11.7 Å². The van der Waals surface area contributed by atoms with Gasteiger partial charge in [-0.1, -0.05) is 30.3 Å². The van der Waals surface area contributed by atoms with Crippen molar-refractivity contribution < 1.29 is 9.18 Å². The minimum atomic E-state index is -0.237. The molecule has 0 bridgehead atoms. The summed E-state index contributed by atoms with van der Waals surface area (Å²) in [6, 6.07) is 23.6. The molecule has 1 aliphatic rings. The second-order valence-electron chi connectivity index (χ2n) is 7.55. The van der Waals surface area contributed by atoms with Crippen LogP contribution in [0.5, 0.6) is 0 Å². The van der Waals surface area contributed by atoms with Crippen molar-refractivity contribution in [3.05, 3.63) is 95.8 Å². The molecule has 1 N–H and O–H groups in total. The number of piperazine rings is 1. The fourth-order valence-electron chi connectivity index (χ4n) is 3.59. The van der Waals surface area contributed by atoms with E-state index in [2.05, 4.69) is 15.1 Å². The number of anilines is 1. The minimum Gasteiger partial charge on any atom is -0.368 e. The normalized spacial score (nSPS) is 14.5. The molecule has 5 nitrogen and oxygen atoms in total. The predicted octanol–water partition coefficient (Wildman–Crippen LogP) is 4.37. The molecule has 158 valence electrons. The number of nitrogens with one attached hydrogen (secondary N) is 1. The standard InChI is InChI=1S/C25H25FN4O/c1-19-6-5-9-22(18-19)27-25(28-24(31)20-7-3-2-4-8-20)30-16-14-29(15-17-30)23-12-10-21(26)11-13-23/h2-13,18H,14-17H2,1H3,(H,27,28,31). The number of carbonyl (C=O) groups excluding carboxylic acids is 1. The maximum atomic E-state index is 13.2. The van der Waals surface area contributed by atoms with Crippen molar-refractivity contribution in [2.75, 3.05) is 31.1 Å². The number of aryl methyl sites for hydroxylation is 1. The van der Waals surface area contributed by atoms with Crippen LogP contribution in [0.2, 0.25) is 0 Å². The number of aliphatic imine (C=N–C) groups is 1. The third-order valence-corrected chi connectivity index (χ3v) is 5.27. The van der Waals surface area contributed by atoms with Crippen LogP contribution >= 0.6 is 0 Å². The fraction of sp³-hybridized carbons (Fsp3) is 0.200. The van der Waals surface area contributed by atoms with Gasteiger partial charge in [0, 0.05) is 37.4 Å². The molecule has 1 saturated heterocycles. The van der Waals surface area contributed by atoms with Gasteiger partial charge in [0.25, 0.3) is 5.91 Å². The highest BCUT2D eigenvalue weighted by Gasteiger charge is 2.22. The number of nitrogens with zero attached hydrogens (tertiary/aromatic N) is 3. The summed E-state index contributed by atoms with van der Waals surface area (Å²) < 4.78 is 13.2. The molecular weight excluding hydrogens is 391 g/mol. The second kappa shape index (κ2) is 9.43. The van der Waals surface area contributed by atoms with E-state index < -0.39 is 0 Å². The molecule has 0 aromatic heterocycles. The third-order valence-electron chi connectivity index (χ3n) is 5.27. The lowest BCUT2D eigenvalue weighted by Gasteiger charge is -2.37. The zero-order chi connectivity index (χ0) is 21.6. The summed E-state index contributed by atoms with van der Waals surface area (Å²) in [7, 11) is 0. The molecule has 0 atom stereocenters. The molecule has 1 heterocycles. The van der Waals surface area contributed by atoms with Crippen molar-refractivity contribution in [2.24, 2.45) is 4.99 Å². The Hall–Kier alpha value is -3.67. The molecule has 6 heteroatoms. The zero-order valence-corrected chi connectivity index (χ0v) is 17.5. The first kappa shape index (κ1) is 20.6. The first-order valence-electron chi connectivity index (χ1n) is 10.4. The smallest absolute Gasteiger partial charge is 0.257 e. The first-order valence-corrected chi connectivity index (χ1v) is 10.4. The molecule has 0 aliphatic carbocycles. The van der Waals surface area contributed by atoms with Gasteiger partial charge in [0.1, 0.15) is 5.82 Å². The topological polar surface area (TPSA) is 47.9 Å². The van der Waals surface area contributed by atoms with E-state index in [1.165, 1.54) is 12.1 Å². The van der Waals surface area contributed by atoms with Crippen molar-refractivity contribution in [3.63, 3.8) is 0 Å². The Kier molecular flexibility index (Phi) is 6.26. The molecule has 1 amide bonds. The van der Waals surface area contributed by atoms with E-state index in [9.17, 15) is 9.18 Å². The Labute approximate surface area is 181 Å². The van der Waals surface area contributed by atoms with Crippen molar-refractivity contribution in [1.29, 1.82) is 0 Å². The molecule has 0 unspecified atom stereocenters. The Morgan fingerprint density at radius 2 is 1.61 bits per heavy atom. The van der Waals surface area contributed by atoms with Gasteiger partial charge in [-0.15, -0.1) is 0 Å². The minimum absolute atomic E-state index is 0.187. The molecule has 31 heavy (non-hydrogen) atoms. The summed E-state index contributed by atoms with van der Waals surface area (Å²) in [4.78, 5) is 21.9. The van der Waals surface area contributed by atoms with Gasteiger partial charge >= 0.3 is 0 Å². The number of rotatable bonds is 3. The summed E-state index contributed by atoms with van der Waals surface area (Å²) in [5.74, 6) is 0.116. The van der Waals surface area contributed by atoms with E-state index in [0.717, 1.165) is 30.0 Å². The van der Waals surface area contributed by atoms with Gasteiger partial charge in [0.05, 0.1) is 5.69 Å². The summed E-state index contributed by atoms with van der Waals surface area (Å²) >= 11 is 0. The molecule has 1 fully saturated rings. The van der Waals surface area contributed by atoms with Crippen LogP contribution in [-0.2, 0) is 0 Å². The van der Waals surface area contributed by atoms with Crippen LogP contribution in [-0.4, -0.2) is 42.9 Å². The van der Waals surface area contributed by atoms with Crippen LogP contribution in [0.1, 0.15) is 15.9 Å². The van der Waals surface area contributed by atoms with Gasteiger partial charge < -0.3 is 9.80 Å². The highest BCUT2D eigenvalue weighted by Crippen LogP contribution is 2.19. The molecule has 0 radical (unpaired) electrons. The molecular formula is C25H25FN4O. The van der Waals surface area contributed by atoms with Gasteiger partial charge in [-0.25, -0.2) is 9.38 Å². The first-order chi connectivity index (χ1) is 15.1. The highest BCUT2D eigenvalue weighted by atomic mass is 19.1. The Balaban J connectivity index is 1.53. The predicted molar refractivity (Wildman–Crippen MR) is 122 cm³/mol. The lowest BCUT2D eigenvalue weighted by atomic mass is 10.2. The van der Waals surface area contributed by atoms with E-state index in [1.54, 1.807) is 24.3 Å². The fourth-order valence-corrected chi connectivity index (χ4v) is 3.59. The summed E-state index contributed by atoms with van der Waals surface area (Å²) in [6.07, 6.45) is 0. The molecule has 1 aliphatic heterocycles. The number of halogens is 1. The van der Waals surface area contributed by atoms with Crippen LogP contribution in [0.4, 0.5) is 15.8 Å². The molecule has 4 rings (SSSR count). The lowest BCUT2D eigenvalue weighted by molar-refractivity contribution is 0.0972. The van der Waals surface area contributed by atoms with Gasteiger partial charge in [0.15, 0.2) is 0 Å². The van der Waals surface area contributed by atoms with Crippen LogP contribution in [0.15, 0.2) is 83.9 Å². The number of carbonyl (C=O) groups is 1. The van der Waals surface area contributed by atoms with Crippen molar-refractivity contribution >= 4 is 23.2 Å². The van der Waals surface area contributed by atoms with Gasteiger partial charge in [-0.05, 0) is 61.0 Å². The third kappa shape index (κ3) is 5.28. The van der Waals surface area contributed by atoms with E-state index in [0.29, 0.717) is 24.6 Å². The Morgan fingerprint density at radius 3 is 2.29 bits per heavy atom. The monoisotopic (exact) mass is 416 g/mol. The van der Waals surface area contributed by atoms with Crippen LogP contribution in [0.3, 0.4) is 0 Å². The number of guanidine groups is 1. The van der Waals surface area contributed by atoms with Crippen LogP contribution < -0.4 is 10.2 Å². The molecule has 3 aromatic carbocycles. The van der Waals surface area contributed by atoms with E-state index >= 15 is 0 Å². The second-order valence-corrected chi connectivity index (χ2v) is 7.55. The maximum Gasteiger partial charge on any atom is 0.257 e. The summed E-state index contributed by atoms with van der Waals surface area (Å²) in [5, 5.41) is 3.00. The quantitative estimate of drug-likeness (QED) is 0.509. The maximum absolute atomic E-state index is 13.2. The molecule has 3 aromatic rings. The summed E-state index contributed by atoms with van der Waals surface area (Å²) in [6.45, 7) is 4.90. The summed E-state index contributed by atoms with van der Waals surface area (Å²) in [5.41, 5.74) is 3.48. The van der Waals surface area contributed by atoms with Gasteiger partial charge in [-0.3, -0.25) is 10.1 Å². The average Bonchev–Trinajstić information content (AvgIpc) is 2.80. The molecule has 0 saturated carbocycles. The number of amides is 1. The van der Waals surface area contributed by atoms with Crippen molar-refractivity contribution in [1.82, 2.24) is 10.2 Å². The SMILES string of the molecule is Cc1cccc(N=C(NC(=O)c2ccccc2)N2CCN(c3ccc(F)cc3)CC2)c1. The van der Waals surface area contributed by atoms with E-state index in [4.69, 9.17) is 4.99 Å². The van der Waals surface area contributed by atoms with Gasteiger partial charge in [-0.2, -0.15) is 0 Å². The van der Waals surface area contributed by atoms with Crippen LogP contribution in [0.25, 0.3) is 0 Å². The Bertz CT molecular complexity index is 1060. The van der Waals surface area contributed by atoms with Crippen molar-refractivity contribution in [2.45, 2.75) is 6.92 Å². The molecule has 0 spiro atoms. The Morgan fingerprint density at radius 1 is 0.903 bits per heavy atom. The lowest BCUT2D eigenvalue weighted by Crippen LogP contribution is -2.53. The largest absolute Gasteiger partial charge is 0.368 e. The number of benzene rings is 3. The van der Waals surface area contributed by atoms with Crippen molar-refractivity contribution in [3.8, 4) is 0 Å². The highest BCUT2D eigenvalue weighted by molar-refractivity contribution is 6.06. The number of hydrogen-bond donors (Lipinski definition) is 1. The number of hydrogen-bond acceptors (Lipinski definition) is 3. The van der Waals surface area contributed by atoms with E-state index in [1.807, 2.05) is 49.4 Å². The average molecular weight is 417 g/mol. The van der Waals surface area contributed by atoms with Crippen LogP contribution in [0, 0.1) is 12.7 Å². The zero-order valence-electron chi connectivity index (χ0n) is 17.5.